The molecule has 84 heavy (non-hydrogen) atoms. The summed E-state index contributed by atoms with van der Waals surface area (Å²) < 4.78 is 0. The number of anilines is 3. The molecule has 0 amide bonds. The molecule has 0 aromatic heterocycles. The SMILES string of the molecule is CC1(C)c2ccccc2-c2ccc(-c3ccc(-c4cccc5c4-c4ccccc4C54c5ccccc5-c5ccccc54)c(N(c4ccc(-c5ccccc5)cc4)c4ccc5c(c4)C(c4ccccc4)(c4ccccc4)c4ccccc4-5)c3)cc21. The first kappa shape index (κ1) is 48.4. The summed E-state index contributed by atoms with van der Waals surface area (Å²) in [6.07, 6.45) is 0. The van der Waals surface area contributed by atoms with Gasteiger partial charge in [0, 0.05) is 22.4 Å². The number of benzene rings is 13. The van der Waals surface area contributed by atoms with E-state index in [2.05, 4.69) is 328 Å². The standard InChI is InChI=1S/C83H57N/c1-81(2)71-35-17-12-29-62(71)66-48-43-56(51-77(66)81)57-44-49-68(69-34-22-40-76-80(69)70-33-16-21-39-75(70)83(76)73-37-19-14-30-63(73)64-31-15-20-38-74(64)83)79(52-57)84(60-45-41-55(42-46-60)54-23-6-3-7-24-54)61-47-50-67-65-32-13-18-36-72(65)82(78(67)53-61,58-25-8-4-9-26-58)59-27-10-5-11-28-59/h3-53H,1-2H3. The summed E-state index contributed by atoms with van der Waals surface area (Å²) in [5, 5.41) is 0. The third-order valence-corrected chi connectivity index (χ3v) is 19.4. The van der Waals surface area contributed by atoms with Gasteiger partial charge in [-0.3, -0.25) is 0 Å². The average molecular weight is 1070 g/mol. The molecule has 0 aliphatic heterocycles. The molecule has 13 aromatic rings. The molecule has 4 aliphatic rings. The van der Waals surface area contributed by atoms with Crippen LogP contribution in [0.2, 0.25) is 0 Å². The lowest BCUT2D eigenvalue weighted by Crippen LogP contribution is -2.28. The van der Waals surface area contributed by atoms with E-state index >= 15 is 0 Å². The van der Waals surface area contributed by atoms with Gasteiger partial charge in [-0.2, -0.15) is 0 Å². The summed E-state index contributed by atoms with van der Waals surface area (Å²) in [6.45, 7) is 4.77. The van der Waals surface area contributed by atoms with E-state index in [1.807, 2.05) is 0 Å². The second-order valence-electron chi connectivity index (χ2n) is 23.8. The molecule has 1 nitrogen and oxygen atoms in total. The van der Waals surface area contributed by atoms with Crippen molar-refractivity contribution in [1.82, 2.24) is 0 Å². The highest BCUT2D eigenvalue weighted by atomic mass is 15.1. The van der Waals surface area contributed by atoms with E-state index in [-0.39, 0.29) is 5.41 Å². The lowest BCUT2D eigenvalue weighted by molar-refractivity contribution is 0.660. The van der Waals surface area contributed by atoms with E-state index in [0.29, 0.717) is 0 Å². The van der Waals surface area contributed by atoms with Gasteiger partial charge in [0.25, 0.3) is 0 Å². The van der Waals surface area contributed by atoms with Gasteiger partial charge in [0.05, 0.1) is 16.5 Å². The van der Waals surface area contributed by atoms with Crippen LogP contribution in [0.15, 0.2) is 309 Å². The van der Waals surface area contributed by atoms with E-state index in [0.717, 1.165) is 28.2 Å². The number of hydrogen-bond acceptors (Lipinski definition) is 1. The predicted molar refractivity (Wildman–Crippen MR) is 349 cm³/mol. The Labute approximate surface area is 492 Å². The molecule has 13 aromatic carbocycles. The van der Waals surface area contributed by atoms with Gasteiger partial charge in [-0.05, 0) is 164 Å². The van der Waals surface area contributed by atoms with Gasteiger partial charge in [0.1, 0.15) is 0 Å². The molecule has 17 rings (SSSR count). The van der Waals surface area contributed by atoms with Gasteiger partial charge in [0.15, 0.2) is 0 Å². The molecule has 394 valence electrons. The van der Waals surface area contributed by atoms with Crippen molar-refractivity contribution in [2.75, 3.05) is 4.90 Å². The second kappa shape index (κ2) is 18.3. The average Bonchev–Trinajstić information content (AvgIpc) is 1.55. The van der Waals surface area contributed by atoms with Crippen LogP contribution in [-0.2, 0) is 16.2 Å². The van der Waals surface area contributed by atoms with Gasteiger partial charge >= 0.3 is 0 Å². The topological polar surface area (TPSA) is 3.24 Å². The second-order valence-corrected chi connectivity index (χ2v) is 23.8. The van der Waals surface area contributed by atoms with E-state index in [1.165, 1.54) is 122 Å². The molecule has 0 saturated heterocycles. The Bertz CT molecular complexity index is 4710. The van der Waals surface area contributed by atoms with Crippen LogP contribution in [-0.4, -0.2) is 0 Å². The first-order valence-electron chi connectivity index (χ1n) is 29.6. The zero-order chi connectivity index (χ0) is 55.7. The first-order chi connectivity index (χ1) is 41.4. The van der Waals surface area contributed by atoms with Gasteiger partial charge in [-0.15, -0.1) is 0 Å². The molecule has 0 unspecified atom stereocenters. The van der Waals surface area contributed by atoms with Crippen molar-refractivity contribution in [1.29, 1.82) is 0 Å². The van der Waals surface area contributed by atoms with Crippen LogP contribution in [0.4, 0.5) is 17.1 Å². The molecule has 0 atom stereocenters. The zero-order valence-electron chi connectivity index (χ0n) is 46.9. The monoisotopic (exact) mass is 1070 g/mol. The molecule has 0 saturated carbocycles. The van der Waals surface area contributed by atoms with Crippen molar-refractivity contribution < 1.29 is 0 Å². The fourth-order valence-electron chi connectivity index (χ4n) is 15.8. The minimum atomic E-state index is -0.598. The summed E-state index contributed by atoms with van der Waals surface area (Å²) >= 11 is 0. The molecule has 1 heteroatoms. The van der Waals surface area contributed by atoms with Crippen LogP contribution in [0.25, 0.3) is 77.9 Å². The molecule has 0 fully saturated rings. The Balaban J connectivity index is 0.960. The maximum Gasteiger partial charge on any atom is 0.0725 e. The van der Waals surface area contributed by atoms with Crippen molar-refractivity contribution >= 4 is 17.1 Å². The lowest BCUT2D eigenvalue weighted by atomic mass is 9.67. The van der Waals surface area contributed by atoms with E-state index in [1.54, 1.807) is 0 Å². The van der Waals surface area contributed by atoms with E-state index in [9.17, 15) is 0 Å². The van der Waals surface area contributed by atoms with Crippen LogP contribution >= 0.6 is 0 Å². The normalized spacial score (nSPS) is 14.4. The minimum absolute atomic E-state index is 0.158. The van der Waals surface area contributed by atoms with Gasteiger partial charge in [-0.25, -0.2) is 0 Å². The van der Waals surface area contributed by atoms with E-state index < -0.39 is 10.8 Å². The Morgan fingerprint density at radius 3 is 1.23 bits per heavy atom. The van der Waals surface area contributed by atoms with Crippen LogP contribution in [0.3, 0.4) is 0 Å². The van der Waals surface area contributed by atoms with Gasteiger partial charge in [-0.1, -0.05) is 287 Å². The maximum atomic E-state index is 2.57. The Kier molecular flexibility index (Phi) is 10.6. The number of nitrogens with zero attached hydrogens (tertiary/aromatic N) is 1. The Morgan fingerprint density at radius 2 is 0.619 bits per heavy atom. The molecule has 0 bridgehead atoms. The largest absolute Gasteiger partial charge is 0.310 e. The van der Waals surface area contributed by atoms with Gasteiger partial charge in [0.2, 0.25) is 0 Å². The third kappa shape index (κ3) is 6.67. The smallest absolute Gasteiger partial charge is 0.0725 e. The fraction of sp³-hybridized carbons (Fsp3) is 0.0602. The minimum Gasteiger partial charge on any atom is -0.310 e. The Morgan fingerprint density at radius 1 is 0.226 bits per heavy atom. The van der Waals surface area contributed by atoms with Gasteiger partial charge < -0.3 is 4.90 Å². The first-order valence-corrected chi connectivity index (χ1v) is 29.6. The van der Waals surface area contributed by atoms with E-state index in [4.69, 9.17) is 0 Å². The molecular weight excluding hydrogens is 1010 g/mol. The highest BCUT2D eigenvalue weighted by molar-refractivity contribution is 6.04. The molecule has 1 spiro atoms. The number of hydrogen-bond donors (Lipinski definition) is 0. The third-order valence-electron chi connectivity index (χ3n) is 19.4. The van der Waals surface area contributed by atoms with Crippen molar-refractivity contribution in [2.45, 2.75) is 30.1 Å². The summed E-state index contributed by atoms with van der Waals surface area (Å²) in [4.78, 5) is 2.57. The van der Waals surface area contributed by atoms with Crippen molar-refractivity contribution in [3.8, 4) is 77.9 Å². The summed E-state index contributed by atoms with van der Waals surface area (Å²) in [5.74, 6) is 0. The number of fused-ring (bicyclic) bond motifs is 16. The quantitative estimate of drug-likeness (QED) is 0.147. The maximum absolute atomic E-state index is 2.57. The summed E-state index contributed by atoms with van der Waals surface area (Å²) in [7, 11) is 0. The summed E-state index contributed by atoms with van der Waals surface area (Å²) in [6, 6.07) is 117. The predicted octanol–water partition coefficient (Wildman–Crippen LogP) is 21.2. The molecule has 0 N–H and O–H groups in total. The molecular formula is C83H57N. The molecule has 0 heterocycles. The summed E-state index contributed by atoms with van der Waals surface area (Å²) in [5.41, 5.74) is 32.5. The van der Waals surface area contributed by atoms with Crippen LogP contribution < -0.4 is 4.90 Å². The molecule has 0 radical (unpaired) electrons. The van der Waals surface area contributed by atoms with Crippen molar-refractivity contribution in [3.63, 3.8) is 0 Å². The molecule has 4 aliphatic carbocycles. The van der Waals surface area contributed by atoms with Crippen LogP contribution in [0.5, 0.6) is 0 Å². The fourth-order valence-corrected chi connectivity index (χ4v) is 15.8. The lowest BCUT2D eigenvalue weighted by Gasteiger charge is -2.35. The highest BCUT2D eigenvalue weighted by Crippen LogP contribution is 2.65. The van der Waals surface area contributed by atoms with Crippen molar-refractivity contribution in [3.05, 3.63) is 365 Å². The van der Waals surface area contributed by atoms with Crippen LogP contribution in [0.1, 0.15) is 69.5 Å². The highest BCUT2D eigenvalue weighted by Gasteiger charge is 2.52. The Hall–Kier alpha value is -10.3. The zero-order valence-corrected chi connectivity index (χ0v) is 46.9. The number of rotatable bonds is 8. The van der Waals surface area contributed by atoms with Crippen LogP contribution in [0, 0.1) is 0 Å². The van der Waals surface area contributed by atoms with Crippen molar-refractivity contribution in [2.24, 2.45) is 0 Å².